The molecule has 5 amide bonds. The number of halogens is 3. The Kier molecular flexibility index (Phi) is 12.7. The predicted molar refractivity (Wildman–Crippen MR) is 244 cm³/mol. The standard InChI is InChI=1S/C49H50F3N9O7/c1-4-67-42-26-30(8-13-40(42)66-3)37(14-18-53)61-46(63)34-6-5-7-38(44(34)47(61)64)59-24-22-58(23-25-59)32-15-19-57(20-16-32)29-49(51,52)31-9-11-33(12-10-31)68-41-28-39-35(27-36(41)50)45(55-56(39)2)60-21-17-43(62)54-48(60)65/h5-13,26-28,32,37H,4,14-17,19-25,29H2,1-3H3,(H,54,62,65)/t37-/m1/s1. The van der Waals surface area contributed by atoms with Crippen molar-refractivity contribution in [2.24, 2.45) is 7.05 Å². The van der Waals surface area contributed by atoms with Gasteiger partial charge in [0.1, 0.15) is 5.75 Å². The van der Waals surface area contributed by atoms with Crippen LogP contribution >= 0.6 is 0 Å². The summed E-state index contributed by atoms with van der Waals surface area (Å²) in [6.07, 6.45) is 1.39. The normalized spacial score (nSPS) is 17.9. The van der Waals surface area contributed by atoms with Crippen molar-refractivity contribution in [2.45, 2.75) is 50.6 Å². The number of piperazine rings is 1. The molecule has 1 N–H and O–H groups in total. The fraction of sp³-hybridized carbons (Fsp3) is 0.388. The van der Waals surface area contributed by atoms with Crippen molar-refractivity contribution in [2.75, 3.05) is 75.9 Å². The number of nitrogens with zero attached hydrogens (tertiary/aromatic N) is 8. The first kappa shape index (κ1) is 46.0. The molecule has 3 fully saturated rings. The molecule has 1 aromatic heterocycles. The number of likely N-dealkylation sites (tertiary alicyclic amines) is 1. The first-order valence-corrected chi connectivity index (χ1v) is 22.6. The second-order valence-corrected chi connectivity index (χ2v) is 17.3. The third kappa shape index (κ3) is 8.76. The molecule has 4 aromatic carbocycles. The maximum absolute atomic E-state index is 15.8. The smallest absolute Gasteiger partial charge is 0.329 e. The zero-order chi connectivity index (χ0) is 47.9. The van der Waals surface area contributed by atoms with Gasteiger partial charge in [-0.15, -0.1) is 0 Å². The van der Waals surface area contributed by atoms with E-state index in [9.17, 15) is 24.4 Å². The zero-order valence-electron chi connectivity index (χ0n) is 37.8. The monoisotopic (exact) mass is 933 g/mol. The molecule has 0 aliphatic carbocycles. The Balaban J connectivity index is 0.787. The van der Waals surface area contributed by atoms with Crippen LogP contribution in [-0.4, -0.2) is 120 Å². The Hall–Kier alpha value is -7.17. The molecule has 0 bridgehead atoms. The molecular formula is C49H50F3N9O7. The SMILES string of the molecule is CCOc1cc([C@@H](CC#N)N2C(=O)c3cccc(N4CCN(C5CCN(CC(F)(F)c6ccc(Oc7cc8c(cc7F)c(N7CCC(=O)NC7=O)nn8C)cc6)CC5)CC4)c3C2=O)ccc1OC. The van der Waals surface area contributed by atoms with Gasteiger partial charge in [-0.1, -0.05) is 12.1 Å². The molecule has 1 atom stereocenters. The number of methoxy groups -OCH3 is 1. The summed E-state index contributed by atoms with van der Waals surface area (Å²) < 4.78 is 65.3. The molecule has 5 aromatic rings. The number of rotatable bonds is 14. The second kappa shape index (κ2) is 18.8. The van der Waals surface area contributed by atoms with Crippen molar-refractivity contribution < 1.29 is 46.6 Å². The van der Waals surface area contributed by atoms with E-state index in [1.54, 1.807) is 42.3 Å². The van der Waals surface area contributed by atoms with Crippen LogP contribution in [-0.2, 0) is 17.8 Å². The summed E-state index contributed by atoms with van der Waals surface area (Å²) in [7, 11) is 3.15. The lowest BCUT2D eigenvalue weighted by molar-refractivity contribution is -0.120. The van der Waals surface area contributed by atoms with Crippen molar-refractivity contribution in [3.63, 3.8) is 0 Å². The summed E-state index contributed by atoms with van der Waals surface area (Å²) in [5.74, 6) is -4.09. The van der Waals surface area contributed by atoms with Crippen LogP contribution in [0.5, 0.6) is 23.0 Å². The Labute approximate surface area is 390 Å². The van der Waals surface area contributed by atoms with Crippen LogP contribution in [0.15, 0.2) is 72.8 Å². The average molecular weight is 934 g/mol. The Morgan fingerprint density at radius 2 is 1.65 bits per heavy atom. The zero-order valence-corrected chi connectivity index (χ0v) is 37.8. The van der Waals surface area contributed by atoms with Gasteiger partial charge < -0.3 is 19.1 Å². The minimum Gasteiger partial charge on any atom is -0.493 e. The third-order valence-corrected chi connectivity index (χ3v) is 13.2. The number of aromatic nitrogens is 2. The van der Waals surface area contributed by atoms with Gasteiger partial charge >= 0.3 is 6.03 Å². The Morgan fingerprint density at radius 1 is 0.897 bits per heavy atom. The highest BCUT2D eigenvalue weighted by molar-refractivity contribution is 6.24. The van der Waals surface area contributed by atoms with Gasteiger partial charge in [0.2, 0.25) is 5.91 Å². The van der Waals surface area contributed by atoms with Gasteiger partial charge in [-0.05, 0) is 93.0 Å². The molecule has 0 saturated carbocycles. The fourth-order valence-electron chi connectivity index (χ4n) is 9.77. The van der Waals surface area contributed by atoms with Gasteiger partial charge in [0.15, 0.2) is 28.9 Å². The maximum atomic E-state index is 15.8. The van der Waals surface area contributed by atoms with Gasteiger partial charge in [-0.2, -0.15) is 19.1 Å². The average Bonchev–Trinajstić information content (AvgIpc) is 3.78. The molecule has 4 aliphatic rings. The van der Waals surface area contributed by atoms with Crippen molar-refractivity contribution in [3.05, 3.63) is 101 Å². The number of imide groups is 2. The first-order chi connectivity index (χ1) is 32.8. The highest BCUT2D eigenvalue weighted by Gasteiger charge is 2.44. The summed E-state index contributed by atoms with van der Waals surface area (Å²) >= 11 is 0. The number of hydrogen-bond acceptors (Lipinski definition) is 12. The number of alkyl halides is 2. The van der Waals surface area contributed by atoms with Crippen molar-refractivity contribution >= 4 is 46.2 Å². The highest BCUT2D eigenvalue weighted by atomic mass is 19.3. The number of piperidine rings is 1. The Morgan fingerprint density at radius 3 is 2.34 bits per heavy atom. The van der Waals surface area contributed by atoms with Gasteiger partial charge in [0, 0.05) is 69.3 Å². The van der Waals surface area contributed by atoms with Crippen molar-refractivity contribution in [3.8, 4) is 29.1 Å². The lowest BCUT2D eigenvalue weighted by Gasteiger charge is -2.44. The molecule has 3 saturated heterocycles. The lowest BCUT2D eigenvalue weighted by atomic mass is 10.00. The first-order valence-electron chi connectivity index (χ1n) is 22.6. The molecule has 9 rings (SSSR count). The van der Waals surface area contributed by atoms with E-state index < -0.39 is 48.1 Å². The molecule has 354 valence electrons. The van der Waals surface area contributed by atoms with Gasteiger partial charge in [-0.3, -0.25) is 44.0 Å². The molecule has 16 nitrogen and oxygen atoms in total. The van der Waals surface area contributed by atoms with E-state index in [4.69, 9.17) is 14.2 Å². The summed E-state index contributed by atoms with van der Waals surface area (Å²) in [5, 5.41) is 16.8. The van der Waals surface area contributed by atoms with Crippen molar-refractivity contribution in [1.82, 2.24) is 29.8 Å². The van der Waals surface area contributed by atoms with Crippen molar-refractivity contribution in [1.29, 1.82) is 5.26 Å². The quantitative estimate of drug-likeness (QED) is 0.114. The van der Waals surface area contributed by atoms with Crippen LogP contribution in [0.3, 0.4) is 0 Å². The highest BCUT2D eigenvalue weighted by Crippen LogP contribution is 2.41. The van der Waals surface area contributed by atoms with Crippen LogP contribution in [0.25, 0.3) is 10.9 Å². The number of amides is 5. The molecule has 68 heavy (non-hydrogen) atoms. The number of nitrogens with one attached hydrogen (secondary N) is 1. The maximum Gasteiger partial charge on any atom is 0.329 e. The number of urea groups is 1. The molecule has 0 radical (unpaired) electrons. The number of carbonyl (C=O) groups is 4. The topological polar surface area (TPSA) is 166 Å². The second-order valence-electron chi connectivity index (χ2n) is 17.3. The summed E-state index contributed by atoms with van der Waals surface area (Å²) in [6, 6.07) is 19.2. The number of aryl methyl sites for hydroxylation is 1. The summed E-state index contributed by atoms with van der Waals surface area (Å²) in [5.41, 5.74) is 2.13. The number of nitriles is 1. The van der Waals surface area contributed by atoms with Gasteiger partial charge in [-0.25, -0.2) is 9.18 Å². The third-order valence-electron chi connectivity index (χ3n) is 13.2. The predicted octanol–water partition coefficient (Wildman–Crippen LogP) is 6.99. The van der Waals surface area contributed by atoms with E-state index in [0.717, 1.165) is 0 Å². The van der Waals surface area contributed by atoms with E-state index in [0.29, 0.717) is 103 Å². The number of carbonyl (C=O) groups excluding carboxylic acids is 4. The number of ether oxygens (including phenoxy) is 3. The van der Waals surface area contributed by atoms with E-state index in [1.165, 1.54) is 58.0 Å². The Bertz CT molecular complexity index is 2820. The minimum absolute atomic E-state index is 0.0788. The largest absolute Gasteiger partial charge is 0.493 e. The van der Waals surface area contributed by atoms with Gasteiger partial charge in [0.25, 0.3) is 17.7 Å². The molecule has 4 aliphatic heterocycles. The van der Waals surface area contributed by atoms with Crippen LogP contribution in [0.1, 0.15) is 70.5 Å². The van der Waals surface area contributed by atoms with Gasteiger partial charge in [0.05, 0.1) is 61.1 Å². The number of benzene rings is 4. The summed E-state index contributed by atoms with van der Waals surface area (Å²) in [6.45, 7) is 5.40. The molecule has 0 spiro atoms. The van der Waals surface area contributed by atoms with E-state index in [-0.39, 0.29) is 48.3 Å². The van der Waals surface area contributed by atoms with Crippen LogP contribution in [0.4, 0.5) is 29.5 Å². The van der Waals surface area contributed by atoms with Crippen LogP contribution in [0, 0.1) is 17.1 Å². The fourth-order valence-corrected chi connectivity index (χ4v) is 9.77. The van der Waals surface area contributed by atoms with E-state index in [2.05, 4.69) is 26.3 Å². The summed E-state index contributed by atoms with van der Waals surface area (Å²) in [4.78, 5) is 61.0. The van der Waals surface area contributed by atoms with Crippen LogP contribution in [0.2, 0.25) is 0 Å². The van der Waals surface area contributed by atoms with Crippen LogP contribution < -0.4 is 29.3 Å². The minimum atomic E-state index is -3.17. The number of anilines is 2. The number of hydrogen-bond donors (Lipinski definition) is 1. The van der Waals surface area contributed by atoms with E-state index in [1.807, 2.05) is 13.0 Å². The van der Waals surface area contributed by atoms with E-state index >= 15 is 13.2 Å². The molecule has 5 heterocycles. The molecule has 0 unspecified atom stereocenters. The number of fused-ring (bicyclic) bond motifs is 2. The lowest BCUT2D eigenvalue weighted by Crippen LogP contribution is -2.54. The molecular weight excluding hydrogens is 884 g/mol. The molecule has 19 heteroatoms.